The molecule has 0 unspecified atom stereocenters. The third-order valence-corrected chi connectivity index (χ3v) is 5.42. The molecule has 3 rings (SSSR count). The first-order valence-electron chi connectivity index (χ1n) is 7.55. The number of carbonyl (C=O) groups is 1. The van der Waals surface area contributed by atoms with Gasteiger partial charge in [0, 0.05) is 37.7 Å². The third kappa shape index (κ3) is 3.97. The molecule has 0 radical (unpaired) electrons. The summed E-state index contributed by atoms with van der Waals surface area (Å²) in [4.78, 5) is 12.2. The second-order valence-electron chi connectivity index (χ2n) is 6.02. The van der Waals surface area contributed by atoms with Gasteiger partial charge in [-0.3, -0.25) is 9.10 Å². The predicted molar refractivity (Wildman–Crippen MR) is 92.9 cm³/mol. The van der Waals surface area contributed by atoms with E-state index in [1.807, 2.05) is 6.07 Å². The number of anilines is 1. The molecule has 1 amide bonds. The van der Waals surface area contributed by atoms with Gasteiger partial charge in [0.25, 0.3) is 5.91 Å². The highest BCUT2D eigenvalue weighted by Crippen LogP contribution is 2.29. The number of nitrogens with one attached hydrogen (secondary N) is 2. The van der Waals surface area contributed by atoms with Crippen molar-refractivity contribution in [1.82, 2.24) is 10.6 Å². The minimum Gasteiger partial charge on any atom is -0.352 e. The molecule has 2 N–H and O–H groups in total. The number of amides is 1. The molecule has 0 atom stereocenters. The monoisotopic (exact) mass is 359 g/mol. The molecule has 0 spiro atoms. The van der Waals surface area contributed by atoms with Gasteiger partial charge in [0.1, 0.15) is 0 Å². The van der Waals surface area contributed by atoms with Crippen molar-refractivity contribution in [3.8, 4) is 0 Å². The molecule has 8 heteroatoms. The van der Waals surface area contributed by atoms with Gasteiger partial charge in [-0.1, -0.05) is 0 Å². The van der Waals surface area contributed by atoms with Crippen molar-refractivity contribution in [2.45, 2.75) is 12.8 Å². The number of benzene rings is 1. The summed E-state index contributed by atoms with van der Waals surface area (Å²) in [5.74, 6) is 0.425. The van der Waals surface area contributed by atoms with Crippen LogP contribution in [0.5, 0.6) is 0 Å². The van der Waals surface area contributed by atoms with Crippen molar-refractivity contribution in [2.24, 2.45) is 5.92 Å². The average molecular weight is 360 g/mol. The fraction of sp³-hybridized carbons (Fsp3) is 0.533. The SMILES string of the molecule is CS(=O)(=O)N1CCCc2cc(C(=O)NCC3CNC3)ccc21.Cl. The largest absolute Gasteiger partial charge is 0.352 e. The van der Waals surface area contributed by atoms with Crippen LogP contribution < -0.4 is 14.9 Å². The van der Waals surface area contributed by atoms with Crippen LogP contribution in [-0.4, -0.2) is 46.8 Å². The highest BCUT2D eigenvalue weighted by molar-refractivity contribution is 7.92. The first-order chi connectivity index (χ1) is 10.4. The van der Waals surface area contributed by atoms with E-state index in [0.29, 0.717) is 30.3 Å². The highest BCUT2D eigenvalue weighted by atomic mass is 35.5. The molecule has 2 aliphatic rings. The lowest BCUT2D eigenvalue weighted by molar-refractivity contribution is 0.0942. The summed E-state index contributed by atoms with van der Waals surface area (Å²) in [6.45, 7) is 3.09. The molecule has 2 aliphatic heterocycles. The number of hydrogen-bond donors (Lipinski definition) is 2. The number of hydrogen-bond acceptors (Lipinski definition) is 4. The van der Waals surface area contributed by atoms with Crippen molar-refractivity contribution >= 4 is 34.0 Å². The Morgan fingerprint density at radius 1 is 1.39 bits per heavy atom. The maximum Gasteiger partial charge on any atom is 0.251 e. The fourth-order valence-electron chi connectivity index (χ4n) is 2.88. The van der Waals surface area contributed by atoms with Crippen LogP contribution in [0, 0.1) is 5.92 Å². The lowest BCUT2D eigenvalue weighted by Crippen LogP contribution is -2.48. The van der Waals surface area contributed by atoms with E-state index in [0.717, 1.165) is 31.5 Å². The molecule has 1 aromatic carbocycles. The Labute approximate surface area is 143 Å². The third-order valence-electron chi connectivity index (χ3n) is 4.24. The Hall–Kier alpha value is -1.31. The number of aryl methyl sites for hydroxylation is 1. The van der Waals surface area contributed by atoms with E-state index < -0.39 is 10.0 Å². The van der Waals surface area contributed by atoms with E-state index in [-0.39, 0.29) is 18.3 Å². The minimum absolute atomic E-state index is 0. The van der Waals surface area contributed by atoms with Crippen LogP contribution in [0.15, 0.2) is 18.2 Å². The predicted octanol–water partition coefficient (Wildman–Crippen LogP) is 0.770. The molecule has 6 nitrogen and oxygen atoms in total. The van der Waals surface area contributed by atoms with Crippen molar-refractivity contribution in [2.75, 3.05) is 36.7 Å². The molecule has 0 aliphatic carbocycles. The van der Waals surface area contributed by atoms with Crippen LogP contribution in [-0.2, 0) is 16.4 Å². The second-order valence-corrected chi connectivity index (χ2v) is 7.92. The average Bonchev–Trinajstić information content (AvgIpc) is 2.43. The van der Waals surface area contributed by atoms with E-state index in [1.54, 1.807) is 12.1 Å². The molecule has 0 bridgehead atoms. The normalized spacial score (nSPS) is 17.7. The van der Waals surface area contributed by atoms with Crippen LogP contribution in [0.25, 0.3) is 0 Å². The Bertz CT molecular complexity index is 689. The van der Waals surface area contributed by atoms with Gasteiger partial charge in [-0.25, -0.2) is 8.42 Å². The van der Waals surface area contributed by atoms with Gasteiger partial charge in [-0.15, -0.1) is 12.4 Å². The van der Waals surface area contributed by atoms with Gasteiger partial charge < -0.3 is 10.6 Å². The molecular formula is C15H22ClN3O3S. The molecule has 1 fully saturated rings. The minimum atomic E-state index is -3.26. The van der Waals surface area contributed by atoms with E-state index in [1.165, 1.54) is 10.6 Å². The zero-order valence-corrected chi connectivity index (χ0v) is 14.7. The first kappa shape index (κ1) is 18.0. The van der Waals surface area contributed by atoms with E-state index in [4.69, 9.17) is 0 Å². The molecule has 1 aromatic rings. The topological polar surface area (TPSA) is 78.5 Å². The van der Waals surface area contributed by atoms with Gasteiger partial charge in [0.15, 0.2) is 0 Å². The van der Waals surface area contributed by atoms with Crippen LogP contribution in [0.1, 0.15) is 22.3 Å². The quantitative estimate of drug-likeness (QED) is 0.832. The summed E-state index contributed by atoms with van der Waals surface area (Å²) in [5, 5.41) is 6.11. The van der Waals surface area contributed by atoms with Gasteiger partial charge in [0.05, 0.1) is 11.9 Å². The molecule has 23 heavy (non-hydrogen) atoms. The number of carbonyl (C=O) groups excluding carboxylic acids is 1. The van der Waals surface area contributed by atoms with Crippen LogP contribution >= 0.6 is 12.4 Å². The van der Waals surface area contributed by atoms with E-state index in [2.05, 4.69) is 10.6 Å². The van der Waals surface area contributed by atoms with Crippen molar-refractivity contribution in [1.29, 1.82) is 0 Å². The van der Waals surface area contributed by atoms with Crippen molar-refractivity contribution in [3.63, 3.8) is 0 Å². The van der Waals surface area contributed by atoms with Crippen LogP contribution in [0.4, 0.5) is 5.69 Å². The summed E-state index contributed by atoms with van der Waals surface area (Å²) in [6, 6.07) is 5.27. The zero-order chi connectivity index (χ0) is 15.7. The van der Waals surface area contributed by atoms with Gasteiger partial charge >= 0.3 is 0 Å². The van der Waals surface area contributed by atoms with Crippen LogP contribution in [0.2, 0.25) is 0 Å². The molecular weight excluding hydrogens is 338 g/mol. The number of fused-ring (bicyclic) bond motifs is 1. The summed E-state index contributed by atoms with van der Waals surface area (Å²) in [6.07, 6.45) is 2.79. The highest BCUT2D eigenvalue weighted by Gasteiger charge is 2.25. The van der Waals surface area contributed by atoms with Gasteiger partial charge in [0.2, 0.25) is 10.0 Å². The first-order valence-corrected chi connectivity index (χ1v) is 9.39. The van der Waals surface area contributed by atoms with Gasteiger partial charge in [-0.2, -0.15) is 0 Å². The number of rotatable bonds is 4. The smallest absolute Gasteiger partial charge is 0.251 e. The maximum absolute atomic E-state index is 12.2. The summed E-state index contributed by atoms with van der Waals surface area (Å²) in [5.41, 5.74) is 2.23. The summed E-state index contributed by atoms with van der Waals surface area (Å²) < 4.78 is 25.1. The van der Waals surface area contributed by atoms with E-state index >= 15 is 0 Å². The Balaban J connectivity index is 0.00000192. The molecule has 1 saturated heterocycles. The Morgan fingerprint density at radius 3 is 2.74 bits per heavy atom. The lowest BCUT2D eigenvalue weighted by Gasteiger charge is -2.29. The Kier molecular flexibility index (Phi) is 5.54. The number of sulfonamides is 1. The Morgan fingerprint density at radius 2 is 2.13 bits per heavy atom. The van der Waals surface area contributed by atoms with E-state index in [9.17, 15) is 13.2 Å². The number of nitrogens with zero attached hydrogens (tertiary/aromatic N) is 1. The standard InChI is InChI=1S/C15H21N3O3S.ClH/c1-22(20,21)18-6-2-3-12-7-13(4-5-14(12)18)15(19)17-10-11-8-16-9-11;/h4-5,7,11,16H,2-3,6,8-10H2,1H3,(H,17,19);1H. The lowest BCUT2D eigenvalue weighted by atomic mass is 10.00. The summed E-state index contributed by atoms with van der Waals surface area (Å²) >= 11 is 0. The molecule has 2 heterocycles. The summed E-state index contributed by atoms with van der Waals surface area (Å²) in [7, 11) is -3.26. The molecule has 0 saturated carbocycles. The van der Waals surface area contributed by atoms with Crippen LogP contribution in [0.3, 0.4) is 0 Å². The second kappa shape index (κ2) is 7.07. The zero-order valence-electron chi connectivity index (χ0n) is 13.0. The van der Waals surface area contributed by atoms with Crippen molar-refractivity contribution < 1.29 is 13.2 Å². The van der Waals surface area contributed by atoms with Crippen molar-refractivity contribution in [3.05, 3.63) is 29.3 Å². The molecule has 128 valence electrons. The number of halogens is 1. The molecule has 0 aromatic heterocycles. The van der Waals surface area contributed by atoms with Gasteiger partial charge in [-0.05, 0) is 36.6 Å². The maximum atomic E-state index is 12.2. The fourth-order valence-corrected chi connectivity index (χ4v) is 3.88.